The summed E-state index contributed by atoms with van der Waals surface area (Å²) in [5.41, 5.74) is 5.73. The molecule has 1 aromatic rings. The number of benzene rings is 1. The smallest absolute Gasteiger partial charge is 0.254 e. The van der Waals surface area contributed by atoms with Crippen LogP contribution in [0.2, 0.25) is 0 Å². The minimum atomic E-state index is -0.432. The Hall–Kier alpha value is -2.11. The molecule has 1 fully saturated rings. The van der Waals surface area contributed by atoms with E-state index in [4.69, 9.17) is 10.9 Å². The predicted octanol–water partition coefficient (Wildman–Crippen LogP) is 1.57. The van der Waals surface area contributed by atoms with Gasteiger partial charge < -0.3 is 15.8 Å². The number of hydrogen-bond acceptors (Lipinski definition) is 3. The molecule has 0 radical (unpaired) electrons. The zero-order valence-corrected chi connectivity index (χ0v) is 10.4. The third kappa shape index (κ3) is 3.43. The van der Waals surface area contributed by atoms with Crippen LogP contribution in [0.25, 0.3) is 0 Å². The number of amidine groups is 1. The molecule has 0 bridgehead atoms. The van der Waals surface area contributed by atoms with Gasteiger partial charge in [0, 0.05) is 24.6 Å². The van der Waals surface area contributed by atoms with Gasteiger partial charge in [-0.1, -0.05) is 11.2 Å². The Balaban J connectivity index is 2.08. The maximum Gasteiger partial charge on any atom is 0.254 e. The quantitative estimate of drug-likeness (QED) is 0.367. The standard InChI is InChI=1S/C13H16FN3O2/c14-10-3-1-2-9(8-10)13(18)17(11-4-5-11)7-6-12(15)16-19/h1-3,8,11,19H,4-7H2,(H2,15,16). The highest BCUT2D eigenvalue weighted by molar-refractivity contribution is 5.95. The van der Waals surface area contributed by atoms with Gasteiger partial charge in [0.15, 0.2) is 0 Å². The normalized spacial score (nSPS) is 15.3. The predicted molar refractivity (Wildman–Crippen MR) is 68.5 cm³/mol. The van der Waals surface area contributed by atoms with Gasteiger partial charge in [-0.2, -0.15) is 0 Å². The molecule has 1 amide bonds. The van der Waals surface area contributed by atoms with Crippen LogP contribution in [0.3, 0.4) is 0 Å². The highest BCUT2D eigenvalue weighted by Gasteiger charge is 2.32. The van der Waals surface area contributed by atoms with Crippen LogP contribution in [0.1, 0.15) is 29.6 Å². The molecule has 1 saturated carbocycles. The van der Waals surface area contributed by atoms with Gasteiger partial charge in [-0.05, 0) is 31.0 Å². The van der Waals surface area contributed by atoms with E-state index in [1.807, 2.05) is 0 Å². The summed E-state index contributed by atoms with van der Waals surface area (Å²) in [5, 5.41) is 11.4. The average molecular weight is 265 g/mol. The van der Waals surface area contributed by atoms with Gasteiger partial charge in [-0.3, -0.25) is 4.79 Å². The molecule has 19 heavy (non-hydrogen) atoms. The first kappa shape index (κ1) is 13.3. The fourth-order valence-electron chi connectivity index (χ4n) is 1.91. The highest BCUT2D eigenvalue weighted by atomic mass is 19.1. The van der Waals surface area contributed by atoms with Crippen molar-refractivity contribution in [2.24, 2.45) is 10.9 Å². The van der Waals surface area contributed by atoms with Crippen LogP contribution in [-0.2, 0) is 0 Å². The molecule has 0 aromatic heterocycles. The molecule has 6 heteroatoms. The van der Waals surface area contributed by atoms with Crippen molar-refractivity contribution in [1.29, 1.82) is 0 Å². The number of oxime groups is 1. The monoisotopic (exact) mass is 265 g/mol. The van der Waals surface area contributed by atoms with Crippen LogP contribution in [0.4, 0.5) is 4.39 Å². The van der Waals surface area contributed by atoms with Crippen LogP contribution < -0.4 is 5.73 Å². The summed E-state index contributed by atoms with van der Waals surface area (Å²) in [6, 6.07) is 5.80. The lowest BCUT2D eigenvalue weighted by molar-refractivity contribution is 0.0747. The summed E-state index contributed by atoms with van der Waals surface area (Å²) in [7, 11) is 0. The van der Waals surface area contributed by atoms with Crippen LogP contribution in [0, 0.1) is 5.82 Å². The van der Waals surface area contributed by atoms with Crippen molar-refractivity contribution < 1.29 is 14.4 Å². The van der Waals surface area contributed by atoms with Crippen molar-refractivity contribution in [3.05, 3.63) is 35.6 Å². The summed E-state index contributed by atoms with van der Waals surface area (Å²) in [5.74, 6) is -0.566. The first-order valence-electron chi connectivity index (χ1n) is 6.14. The van der Waals surface area contributed by atoms with E-state index in [9.17, 15) is 9.18 Å². The maximum atomic E-state index is 13.1. The lowest BCUT2D eigenvalue weighted by Crippen LogP contribution is -2.36. The van der Waals surface area contributed by atoms with Crippen molar-refractivity contribution in [3.8, 4) is 0 Å². The molecule has 5 nitrogen and oxygen atoms in total. The van der Waals surface area contributed by atoms with Crippen LogP contribution in [0.15, 0.2) is 29.4 Å². The van der Waals surface area contributed by atoms with Crippen LogP contribution >= 0.6 is 0 Å². The van der Waals surface area contributed by atoms with Gasteiger partial charge in [0.05, 0.1) is 0 Å². The molecule has 0 unspecified atom stereocenters. The average Bonchev–Trinajstić information content (AvgIpc) is 3.23. The van der Waals surface area contributed by atoms with Crippen molar-refractivity contribution in [1.82, 2.24) is 4.90 Å². The molecule has 2 rings (SSSR count). The number of halogens is 1. The molecule has 0 aliphatic heterocycles. The number of carbonyl (C=O) groups excluding carboxylic acids is 1. The van der Waals surface area contributed by atoms with Crippen molar-refractivity contribution >= 4 is 11.7 Å². The Morgan fingerprint density at radius 3 is 2.84 bits per heavy atom. The molecule has 1 aliphatic carbocycles. The summed E-state index contributed by atoms with van der Waals surface area (Å²) in [6.07, 6.45) is 2.18. The second-order valence-electron chi connectivity index (χ2n) is 4.58. The Morgan fingerprint density at radius 1 is 1.53 bits per heavy atom. The summed E-state index contributed by atoms with van der Waals surface area (Å²) in [4.78, 5) is 14.0. The fraction of sp³-hybridized carbons (Fsp3) is 0.385. The van der Waals surface area contributed by atoms with Crippen LogP contribution in [0.5, 0.6) is 0 Å². The SMILES string of the molecule is N/C(CCN(C(=O)c1cccc(F)c1)C1CC1)=N/O. The Morgan fingerprint density at radius 2 is 2.26 bits per heavy atom. The third-order valence-corrected chi connectivity index (χ3v) is 3.06. The molecule has 0 heterocycles. The number of nitrogens with two attached hydrogens (primary N) is 1. The molecule has 1 aromatic carbocycles. The summed E-state index contributed by atoms with van der Waals surface area (Å²) < 4.78 is 13.1. The second kappa shape index (κ2) is 5.69. The number of amides is 1. The lowest BCUT2D eigenvalue weighted by Gasteiger charge is -2.22. The van der Waals surface area contributed by atoms with E-state index in [2.05, 4.69) is 5.16 Å². The van der Waals surface area contributed by atoms with Gasteiger partial charge in [0.1, 0.15) is 11.7 Å². The number of nitrogens with zero attached hydrogens (tertiary/aromatic N) is 2. The van der Waals surface area contributed by atoms with E-state index in [1.165, 1.54) is 18.2 Å². The van der Waals surface area contributed by atoms with Gasteiger partial charge in [0.2, 0.25) is 0 Å². The molecular formula is C13H16FN3O2. The molecule has 0 atom stereocenters. The van der Waals surface area contributed by atoms with E-state index in [-0.39, 0.29) is 17.8 Å². The van der Waals surface area contributed by atoms with Crippen molar-refractivity contribution in [2.45, 2.75) is 25.3 Å². The van der Waals surface area contributed by atoms with E-state index in [1.54, 1.807) is 11.0 Å². The lowest BCUT2D eigenvalue weighted by atomic mass is 10.2. The molecule has 102 valence electrons. The highest BCUT2D eigenvalue weighted by Crippen LogP contribution is 2.28. The third-order valence-electron chi connectivity index (χ3n) is 3.06. The maximum absolute atomic E-state index is 13.1. The van der Waals surface area contributed by atoms with Crippen molar-refractivity contribution in [3.63, 3.8) is 0 Å². The molecule has 1 aliphatic rings. The second-order valence-corrected chi connectivity index (χ2v) is 4.58. The zero-order valence-electron chi connectivity index (χ0n) is 10.4. The van der Waals surface area contributed by atoms with Gasteiger partial charge in [-0.25, -0.2) is 4.39 Å². The minimum Gasteiger partial charge on any atom is -0.409 e. The summed E-state index contributed by atoms with van der Waals surface area (Å²) >= 11 is 0. The molecule has 3 N–H and O–H groups in total. The molecule has 0 spiro atoms. The largest absolute Gasteiger partial charge is 0.409 e. The Kier molecular flexibility index (Phi) is 3.99. The van der Waals surface area contributed by atoms with E-state index < -0.39 is 5.82 Å². The van der Waals surface area contributed by atoms with Gasteiger partial charge in [0.25, 0.3) is 5.91 Å². The van der Waals surface area contributed by atoms with Gasteiger partial charge >= 0.3 is 0 Å². The topological polar surface area (TPSA) is 78.9 Å². The van der Waals surface area contributed by atoms with E-state index in [0.29, 0.717) is 18.5 Å². The van der Waals surface area contributed by atoms with Crippen molar-refractivity contribution in [2.75, 3.05) is 6.54 Å². The molecular weight excluding hydrogens is 249 g/mol. The molecule has 0 saturated heterocycles. The first-order chi connectivity index (χ1) is 9.11. The number of hydrogen-bond donors (Lipinski definition) is 2. The Labute approximate surface area is 110 Å². The minimum absolute atomic E-state index is 0.0812. The first-order valence-corrected chi connectivity index (χ1v) is 6.14. The summed E-state index contributed by atoms with van der Waals surface area (Å²) in [6.45, 7) is 0.371. The van der Waals surface area contributed by atoms with Gasteiger partial charge in [-0.15, -0.1) is 0 Å². The van der Waals surface area contributed by atoms with Crippen LogP contribution in [-0.4, -0.2) is 34.4 Å². The number of rotatable bonds is 5. The van der Waals surface area contributed by atoms with E-state index in [0.717, 1.165) is 12.8 Å². The van der Waals surface area contributed by atoms with E-state index >= 15 is 0 Å². The fourth-order valence-corrected chi connectivity index (χ4v) is 1.91. The Bertz CT molecular complexity index is 500. The number of carbonyl (C=O) groups is 1. The zero-order chi connectivity index (χ0) is 13.8.